The lowest BCUT2D eigenvalue weighted by Gasteiger charge is -2.34. The van der Waals surface area contributed by atoms with Gasteiger partial charge in [-0.15, -0.1) is 0 Å². The molecule has 2 aromatic carbocycles. The molecule has 2 aromatic rings. The van der Waals surface area contributed by atoms with Gasteiger partial charge in [0.25, 0.3) is 5.91 Å². The van der Waals surface area contributed by atoms with Crippen molar-refractivity contribution in [2.75, 3.05) is 0 Å². The van der Waals surface area contributed by atoms with Crippen LogP contribution in [0.2, 0.25) is 0 Å². The van der Waals surface area contributed by atoms with Gasteiger partial charge in [-0.3, -0.25) is 9.59 Å². The molecule has 0 spiro atoms. The molecule has 0 unspecified atom stereocenters. The van der Waals surface area contributed by atoms with Crippen molar-refractivity contribution in [1.82, 2.24) is 10.2 Å². The van der Waals surface area contributed by atoms with Crippen LogP contribution in [0.25, 0.3) is 0 Å². The molecule has 0 aromatic heterocycles. The van der Waals surface area contributed by atoms with Gasteiger partial charge in [0.05, 0.1) is 0 Å². The van der Waals surface area contributed by atoms with Gasteiger partial charge < -0.3 is 10.2 Å². The zero-order valence-electron chi connectivity index (χ0n) is 15.9. The number of rotatable bonds is 5. The van der Waals surface area contributed by atoms with E-state index >= 15 is 0 Å². The van der Waals surface area contributed by atoms with E-state index in [1.165, 1.54) is 0 Å². The summed E-state index contributed by atoms with van der Waals surface area (Å²) in [4.78, 5) is 27.6. The number of hydrogen-bond donors (Lipinski definition) is 1. The van der Waals surface area contributed by atoms with Crippen molar-refractivity contribution in [2.24, 2.45) is 0 Å². The van der Waals surface area contributed by atoms with Crippen LogP contribution in [-0.2, 0) is 11.3 Å². The average Bonchev–Trinajstić information content (AvgIpc) is 2.88. The lowest BCUT2D eigenvalue weighted by Crippen LogP contribution is -2.47. The van der Waals surface area contributed by atoms with E-state index in [9.17, 15) is 9.59 Å². The molecular weight excluding hydrogens is 336 g/mol. The predicted octanol–water partition coefficient (Wildman–Crippen LogP) is 4.17. The van der Waals surface area contributed by atoms with Gasteiger partial charge >= 0.3 is 0 Å². The van der Waals surface area contributed by atoms with Gasteiger partial charge in [0, 0.05) is 30.6 Å². The molecule has 1 N–H and O–H groups in total. The molecule has 4 nitrogen and oxygen atoms in total. The van der Waals surface area contributed by atoms with E-state index in [2.05, 4.69) is 12.2 Å². The maximum absolute atomic E-state index is 13.1. The Balaban J connectivity index is 1.68. The van der Waals surface area contributed by atoms with E-state index in [1.54, 1.807) is 0 Å². The highest BCUT2D eigenvalue weighted by Gasteiger charge is 2.32. The molecule has 2 amide bonds. The minimum absolute atomic E-state index is 0.00353. The summed E-state index contributed by atoms with van der Waals surface area (Å²) in [5, 5.41) is 3.00. The van der Waals surface area contributed by atoms with Crippen LogP contribution in [0.1, 0.15) is 54.9 Å². The first kappa shape index (κ1) is 19.2. The summed E-state index contributed by atoms with van der Waals surface area (Å²) in [5.41, 5.74) is 1.78. The molecule has 3 rings (SSSR count). The highest BCUT2D eigenvalue weighted by molar-refractivity contribution is 5.95. The molecule has 2 atom stereocenters. The van der Waals surface area contributed by atoms with Crippen molar-refractivity contribution in [3.63, 3.8) is 0 Å². The van der Waals surface area contributed by atoms with Crippen molar-refractivity contribution in [1.29, 1.82) is 0 Å². The number of carbonyl (C=O) groups is 2. The lowest BCUT2D eigenvalue weighted by molar-refractivity contribution is -0.122. The smallest absolute Gasteiger partial charge is 0.254 e. The second kappa shape index (κ2) is 9.36. The Hall–Kier alpha value is -2.62. The van der Waals surface area contributed by atoms with Crippen LogP contribution >= 0.6 is 0 Å². The maximum atomic E-state index is 13.1. The Kier molecular flexibility index (Phi) is 6.64. The second-order valence-corrected chi connectivity index (χ2v) is 7.33. The molecule has 0 aliphatic carbocycles. The normalized spacial score (nSPS) is 20.0. The Labute approximate surface area is 161 Å². The van der Waals surface area contributed by atoms with Gasteiger partial charge in [-0.05, 0) is 37.5 Å². The van der Waals surface area contributed by atoms with Gasteiger partial charge in [-0.1, -0.05) is 61.4 Å². The first-order valence-corrected chi connectivity index (χ1v) is 9.83. The molecule has 0 radical (unpaired) electrons. The molecule has 0 bridgehead atoms. The fraction of sp³-hybridized carbons (Fsp3) is 0.391. The van der Waals surface area contributed by atoms with Gasteiger partial charge in [0.15, 0.2) is 0 Å². The second-order valence-electron chi connectivity index (χ2n) is 7.33. The van der Waals surface area contributed by atoms with Crippen LogP contribution in [0.3, 0.4) is 0 Å². The summed E-state index contributed by atoms with van der Waals surface area (Å²) < 4.78 is 0. The summed E-state index contributed by atoms with van der Waals surface area (Å²) in [6.45, 7) is 2.62. The fourth-order valence-electron chi connectivity index (χ4n) is 3.84. The van der Waals surface area contributed by atoms with Crippen LogP contribution in [0, 0.1) is 0 Å². The largest absolute Gasteiger partial charge is 0.352 e. The number of nitrogens with zero attached hydrogens (tertiary/aromatic N) is 1. The maximum Gasteiger partial charge on any atom is 0.254 e. The molecule has 1 fully saturated rings. The number of nitrogens with one attached hydrogen (secondary N) is 1. The first-order valence-electron chi connectivity index (χ1n) is 9.83. The lowest BCUT2D eigenvalue weighted by atomic mass is 10.0. The minimum Gasteiger partial charge on any atom is -0.352 e. The number of amides is 2. The van der Waals surface area contributed by atoms with Gasteiger partial charge in [-0.2, -0.15) is 0 Å². The molecule has 1 aliphatic rings. The molecule has 1 aliphatic heterocycles. The van der Waals surface area contributed by atoms with E-state index in [4.69, 9.17) is 0 Å². The molecule has 1 heterocycles. The zero-order valence-corrected chi connectivity index (χ0v) is 15.9. The van der Waals surface area contributed by atoms with Crippen molar-refractivity contribution >= 4 is 11.8 Å². The van der Waals surface area contributed by atoms with E-state index < -0.39 is 0 Å². The third-order valence-electron chi connectivity index (χ3n) is 5.29. The van der Waals surface area contributed by atoms with Gasteiger partial charge in [0.1, 0.15) is 0 Å². The van der Waals surface area contributed by atoms with Crippen LogP contribution in [0.15, 0.2) is 60.7 Å². The molecule has 1 saturated heterocycles. The van der Waals surface area contributed by atoms with Crippen molar-refractivity contribution in [3.05, 3.63) is 71.8 Å². The van der Waals surface area contributed by atoms with Crippen LogP contribution in [-0.4, -0.2) is 28.8 Å². The number of hydrogen-bond acceptors (Lipinski definition) is 2. The summed E-state index contributed by atoms with van der Waals surface area (Å²) in [6.07, 6.45) is 4.37. The Morgan fingerprint density at radius 3 is 2.30 bits per heavy atom. The standard InChI is InChI=1S/C23H28N2O2/c1-18-10-8-9-15-21(25(18)23(27)20-13-6-3-7-14-20)16-22(26)24-17-19-11-4-2-5-12-19/h2-7,11-14,18,21H,8-10,15-17H2,1H3,(H,24,26)/t18-,21+/m0/s1. The van der Waals surface area contributed by atoms with Crippen molar-refractivity contribution in [3.8, 4) is 0 Å². The van der Waals surface area contributed by atoms with E-state index in [-0.39, 0.29) is 23.9 Å². The highest BCUT2D eigenvalue weighted by Crippen LogP contribution is 2.26. The highest BCUT2D eigenvalue weighted by atomic mass is 16.2. The summed E-state index contributed by atoms with van der Waals surface area (Å²) in [6, 6.07) is 19.4. The van der Waals surface area contributed by atoms with Crippen LogP contribution in [0.4, 0.5) is 0 Å². The number of carbonyl (C=O) groups excluding carboxylic acids is 2. The minimum atomic E-state index is -0.0500. The Morgan fingerprint density at radius 1 is 0.963 bits per heavy atom. The molecule has 0 saturated carbocycles. The van der Waals surface area contributed by atoms with Crippen LogP contribution < -0.4 is 5.32 Å². The van der Waals surface area contributed by atoms with Gasteiger partial charge in [0.2, 0.25) is 5.91 Å². The summed E-state index contributed by atoms with van der Waals surface area (Å²) >= 11 is 0. The van der Waals surface area contributed by atoms with Crippen LogP contribution in [0.5, 0.6) is 0 Å². The van der Waals surface area contributed by atoms with Crippen molar-refractivity contribution in [2.45, 2.75) is 57.7 Å². The number of benzene rings is 2. The van der Waals surface area contributed by atoms with Gasteiger partial charge in [-0.25, -0.2) is 0 Å². The van der Waals surface area contributed by atoms with Crippen molar-refractivity contribution < 1.29 is 9.59 Å². The van der Waals surface area contributed by atoms with E-state index in [0.29, 0.717) is 18.5 Å². The topological polar surface area (TPSA) is 49.4 Å². The molecule has 142 valence electrons. The van der Waals surface area contributed by atoms with E-state index in [1.807, 2.05) is 65.6 Å². The monoisotopic (exact) mass is 364 g/mol. The quantitative estimate of drug-likeness (QED) is 0.866. The zero-order chi connectivity index (χ0) is 19.1. The summed E-state index contributed by atoms with van der Waals surface area (Å²) in [7, 11) is 0. The molecule has 4 heteroatoms. The predicted molar refractivity (Wildman–Crippen MR) is 107 cm³/mol. The summed E-state index contributed by atoms with van der Waals surface area (Å²) in [5.74, 6) is 0.0367. The van der Waals surface area contributed by atoms with E-state index in [0.717, 1.165) is 31.2 Å². The molecule has 27 heavy (non-hydrogen) atoms. The first-order chi connectivity index (χ1) is 13.1. The molecular formula is C23H28N2O2. The third-order valence-corrected chi connectivity index (χ3v) is 5.29. The third kappa shape index (κ3) is 5.19. The number of likely N-dealkylation sites (tertiary alicyclic amines) is 1. The fourth-order valence-corrected chi connectivity index (χ4v) is 3.84. The Bertz CT molecular complexity index is 745. The Morgan fingerprint density at radius 2 is 1.59 bits per heavy atom. The average molecular weight is 364 g/mol. The SMILES string of the molecule is C[C@H]1CCCC[C@H](CC(=O)NCc2ccccc2)N1C(=O)c1ccccc1.